The average Bonchev–Trinajstić information content (AvgIpc) is 2.46. The van der Waals surface area contributed by atoms with Crippen molar-refractivity contribution in [3.8, 4) is 0 Å². The molecule has 0 radical (unpaired) electrons. The van der Waals surface area contributed by atoms with Crippen molar-refractivity contribution in [3.63, 3.8) is 0 Å². The Bertz CT molecular complexity index is 397. The molecule has 0 saturated carbocycles. The fourth-order valence-electron chi connectivity index (χ4n) is 3.88. The van der Waals surface area contributed by atoms with Crippen LogP contribution in [0.2, 0.25) is 19.6 Å². The smallest absolute Gasteiger partial charge is 0.410 e. The van der Waals surface area contributed by atoms with E-state index in [4.69, 9.17) is 9.16 Å². The molecule has 0 aliphatic carbocycles. The Labute approximate surface area is 130 Å². The Morgan fingerprint density at radius 3 is 2.00 bits per heavy atom. The van der Waals surface area contributed by atoms with E-state index in [1.807, 2.05) is 25.7 Å². The molecule has 0 aromatic carbocycles. The number of carbonyl (C=O) groups excluding carboxylic acids is 1. The number of carbonyl (C=O) groups is 1. The van der Waals surface area contributed by atoms with Gasteiger partial charge in [0, 0.05) is 12.1 Å². The molecule has 2 rings (SSSR count). The molecular formula is C16H31NO3Si. The number of rotatable bonds is 2. The van der Waals surface area contributed by atoms with Gasteiger partial charge in [-0.15, -0.1) is 0 Å². The summed E-state index contributed by atoms with van der Waals surface area (Å²) in [4.78, 5) is 14.4. The van der Waals surface area contributed by atoms with Crippen LogP contribution in [0.3, 0.4) is 0 Å². The lowest BCUT2D eigenvalue weighted by molar-refractivity contribution is -0.0394. The largest absolute Gasteiger partial charge is 0.444 e. The Balaban J connectivity index is 2.07. The fraction of sp³-hybridized carbons (Fsp3) is 0.938. The van der Waals surface area contributed by atoms with Crippen molar-refractivity contribution in [1.82, 2.24) is 4.90 Å². The molecule has 2 unspecified atom stereocenters. The lowest BCUT2D eigenvalue weighted by Gasteiger charge is -2.47. The molecule has 0 N–H and O–H groups in total. The molecule has 1 amide bonds. The number of ether oxygens (including phenoxy) is 1. The van der Waals surface area contributed by atoms with E-state index in [0.29, 0.717) is 0 Å². The average molecular weight is 314 g/mol. The van der Waals surface area contributed by atoms with Gasteiger partial charge < -0.3 is 14.1 Å². The summed E-state index contributed by atoms with van der Waals surface area (Å²) in [6, 6.07) is 0.555. The first-order valence-corrected chi connectivity index (χ1v) is 11.5. The van der Waals surface area contributed by atoms with Crippen LogP contribution >= 0.6 is 0 Å². The van der Waals surface area contributed by atoms with Crippen LogP contribution in [0.4, 0.5) is 4.79 Å². The molecule has 2 fully saturated rings. The Hall–Kier alpha value is -0.553. The number of hydrogen-bond acceptors (Lipinski definition) is 3. The minimum Gasteiger partial charge on any atom is -0.444 e. The first kappa shape index (κ1) is 16.8. The maximum Gasteiger partial charge on any atom is 0.410 e. The van der Waals surface area contributed by atoms with E-state index in [1.54, 1.807) is 0 Å². The van der Waals surface area contributed by atoms with Gasteiger partial charge in [-0.05, 0) is 73.0 Å². The summed E-state index contributed by atoms with van der Waals surface area (Å²) in [5.41, 5.74) is -0.499. The second kappa shape index (κ2) is 5.27. The summed E-state index contributed by atoms with van der Waals surface area (Å²) < 4.78 is 12.0. The van der Waals surface area contributed by atoms with E-state index in [0.717, 1.165) is 25.7 Å². The van der Waals surface area contributed by atoms with Gasteiger partial charge in [-0.25, -0.2) is 4.79 Å². The van der Waals surface area contributed by atoms with Crippen LogP contribution in [-0.4, -0.2) is 42.6 Å². The van der Waals surface area contributed by atoms with E-state index in [1.165, 1.54) is 0 Å². The molecule has 4 nitrogen and oxygen atoms in total. The number of piperidine rings is 1. The topological polar surface area (TPSA) is 38.8 Å². The minimum atomic E-state index is -1.57. The Morgan fingerprint density at radius 1 is 1.14 bits per heavy atom. The van der Waals surface area contributed by atoms with Crippen LogP contribution in [-0.2, 0) is 9.16 Å². The Kier molecular flexibility index (Phi) is 4.22. The predicted octanol–water partition coefficient (Wildman–Crippen LogP) is 4.16. The number of amides is 1. The maximum atomic E-state index is 12.4. The molecule has 0 aromatic rings. The monoisotopic (exact) mass is 313 g/mol. The lowest BCUT2D eigenvalue weighted by Crippen LogP contribution is -2.56. The van der Waals surface area contributed by atoms with Gasteiger partial charge in [-0.3, -0.25) is 0 Å². The second-order valence-electron chi connectivity index (χ2n) is 8.85. The van der Waals surface area contributed by atoms with Gasteiger partial charge in [0.25, 0.3) is 0 Å². The van der Waals surface area contributed by atoms with Gasteiger partial charge in [0.2, 0.25) is 0 Å². The zero-order chi connectivity index (χ0) is 16.1. The zero-order valence-corrected chi connectivity index (χ0v) is 15.7. The van der Waals surface area contributed by atoms with Crippen molar-refractivity contribution in [2.45, 2.75) is 96.3 Å². The molecule has 21 heavy (non-hydrogen) atoms. The second-order valence-corrected chi connectivity index (χ2v) is 13.3. The molecule has 0 aromatic heterocycles. The van der Waals surface area contributed by atoms with Crippen molar-refractivity contribution < 1.29 is 14.0 Å². The predicted molar refractivity (Wildman–Crippen MR) is 87.0 cm³/mol. The molecular weight excluding hydrogens is 282 g/mol. The highest BCUT2D eigenvalue weighted by atomic mass is 28.4. The normalized spacial score (nSPS) is 33.2. The van der Waals surface area contributed by atoms with Gasteiger partial charge in [0.05, 0.1) is 5.60 Å². The summed E-state index contributed by atoms with van der Waals surface area (Å²) in [5, 5.41) is 0. The molecule has 2 saturated heterocycles. The third kappa shape index (κ3) is 4.22. The van der Waals surface area contributed by atoms with Crippen LogP contribution in [0.15, 0.2) is 0 Å². The molecule has 5 heteroatoms. The number of hydrogen-bond donors (Lipinski definition) is 0. The van der Waals surface area contributed by atoms with E-state index in [-0.39, 0.29) is 23.8 Å². The van der Waals surface area contributed by atoms with E-state index in [9.17, 15) is 4.79 Å². The van der Waals surface area contributed by atoms with Crippen molar-refractivity contribution in [2.24, 2.45) is 0 Å². The van der Waals surface area contributed by atoms with Gasteiger partial charge in [-0.2, -0.15) is 0 Å². The molecule has 2 heterocycles. The first-order valence-electron chi connectivity index (χ1n) is 8.10. The van der Waals surface area contributed by atoms with Crippen LogP contribution in [0.25, 0.3) is 0 Å². The van der Waals surface area contributed by atoms with Crippen LogP contribution in [0.1, 0.15) is 53.4 Å². The van der Waals surface area contributed by atoms with E-state index >= 15 is 0 Å². The summed E-state index contributed by atoms with van der Waals surface area (Å²) in [7, 11) is -1.57. The van der Waals surface area contributed by atoms with Gasteiger partial charge in [0.1, 0.15) is 5.60 Å². The zero-order valence-electron chi connectivity index (χ0n) is 14.7. The Morgan fingerprint density at radius 2 is 1.62 bits per heavy atom. The van der Waals surface area contributed by atoms with Crippen molar-refractivity contribution >= 4 is 14.4 Å². The number of fused-ring (bicyclic) bond motifs is 2. The van der Waals surface area contributed by atoms with Crippen LogP contribution in [0.5, 0.6) is 0 Å². The standard InChI is InChI=1S/C16H31NO3Si/c1-15(2,3)19-14(18)17-12-8-9-13(17)11-16(4,10-12)20-21(5,6)7/h12-13H,8-11H2,1-7H3. The van der Waals surface area contributed by atoms with Gasteiger partial charge in [0.15, 0.2) is 8.32 Å². The molecule has 122 valence electrons. The summed E-state index contributed by atoms with van der Waals surface area (Å²) in [5.74, 6) is 0. The highest BCUT2D eigenvalue weighted by molar-refractivity contribution is 6.69. The molecule has 2 atom stereocenters. The summed E-state index contributed by atoms with van der Waals surface area (Å²) in [6.45, 7) is 14.7. The molecule has 2 aliphatic rings. The molecule has 2 bridgehead atoms. The third-order valence-corrected chi connectivity index (χ3v) is 5.22. The van der Waals surface area contributed by atoms with E-state index < -0.39 is 13.9 Å². The first-order chi connectivity index (χ1) is 9.39. The van der Waals surface area contributed by atoms with Crippen LogP contribution < -0.4 is 0 Å². The highest BCUT2D eigenvalue weighted by Gasteiger charge is 2.50. The third-order valence-electron chi connectivity index (χ3n) is 4.11. The van der Waals surface area contributed by atoms with Crippen molar-refractivity contribution in [1.29, 1.82) is 0 Å². The van der Waals surface area contributed by atoms with E-state index in [2.05, 4.69) is 26.6 Å². The van der Waals surface area contributed by atoms with Crippen molar-refractivity contribution in [3.05, 3.63) is 0 Å². The summed E-state index contributed by atoms with van der Waals surface area (Å²) >= 11 is 0. The molecule has 0 spiro atoms. The maximum absolute atomic E-state index is 12.4. The van der Waals surface area contributed by atoms with Gasteiger partial charge >= 0.3 is 6.09 Å². The van der Waals surface area contributed by atoms with Crippen LogP contribution in [0, 0.1) is 0 Å². The highest BCUT2D eigenvalue weighted by Crippen LogP contribution is 2.44. The van der Waals surface area contributed by atoms with Crippen molar-refractivity contribution in [2.75, 3.05) is 0 Å². The summed E-state index contributed by atoms with van der Waals surface area (Å²) in [6.07, 6.45) is 3.88. The SMILES string of the molecule is CC(C)(C)OC(=O)N1C2CCC1CC(C)(O[Si](C)(C)C)C2. The minimum absolute atomic E-state index is 0.0746. The lowest BCUT2D eigenvalue weighted by atomic mass is 9.88. The molecule has 2 aliphatic heterocycles. The fourth-order valence-corrected chi connectivity index (χ4v) is 5.52. The quantitative estimate of drug-likeness (QED) is 0.719. The van der Waals surface area contributed by atoms with Gasteiger partial charge in [-0.1, -0.05) is 0 Å². The number of nitrogens with zero attached hydrogens (tertiary/aromatic N) is 1.